The minimum Gasteiger partial charge on any atom is -0.423 e. The monoisotopic (exact) mass is 509 g/mol. The number of aliphatic imine (C=N–C) groups is 1. The van der Waals surface area contributed by atoms with Gasteiger partial charge >= 0.3 is 11.9 Å². The van der Waals surface area contributed by atoms with Gasteiger partial charge in [-0.25, -0.2) is 9.79 Å². The smallest absolute Gasteiger partial charge is 0.343 e. The average molecular weight is 510 g/mol. The van der Waals surface area contributed by atoms with Crippen molar-refractivity contribution in [1.29, 1.82) is 0 Å². The van der Waals surface area contributed by atoms with Crippen LogP contribution in [0.15, 0.2) is 71.7 Å². The van der Waals surface area contributed by atoms with Crippen LogP contribution >= 0.6 is 11.6 Å². The van der Waals surface area contributed by atoms with Gasteiger partial charge in [0.25, 0.3) is 0 Å². The molecule has 0 bridgehead atoms. The number of esters is 1. The van der Waals surface area contributed by atoms with Crippen molar-refractivity contribution < 1.29 is 24.0 Å². The normalized spacial score (nSPS) is 10.3. The molecule has 3 aromatic carbocycles. The largest absolute Gasteiger partial charge is 0.423 e. The molecule has 0 aliphatic heterocycles. The van der Waals surface area contributed by atoms with E-state index in [-0.39, 0.29) is 30.5 Å². The lowest BCUT2D eigenvalue weighted by Gasteiger charge is -2.09. The highest BCUT2D eigenvalue weighted by molar-refractivity contribution is 6.31. The molecule has 11 heteroatoms. The van der Waals surface area contributed by atoms with Gasteiger partial charge in [0.05, 0.1) is 17.7 Å². The lowest BCUT2D eigenvalue weighted by Crippen LogP contribution is -2.21. The van der Waals surface area contributed by atoms with Crippen molar-refractivity contribution in [2.75, 3.05) is 5.32 Å². The van der Waals surface area contributed by atoms with Crippen molar-refractivity contribution in [3.63, 3.8) is 0 Å². The van der Waals surface area contributed by atoms with Crippen LogP contribution in [0.4, 0.5) is 11.4 Å². The van der Waals surface area contributed by atoms with Crippen LogP contribution in [-0.4, -0.2) is 23.8 Å². The summed E-state index contributed by atoms with van der Waals surface area (Å²) in [5, 5.41) is 3.15. The number of guanidine groups is 1. The molecule has 36 heavy (non-hydrogen) atoms. The van der Waals surface area contributed by atoms with Gasteiger partial charge in [0.1, 0.15) is 5.75 Å². The maximum Gasteiger partial charge on any atom is 0.343 e. The number of rotatable bonds is 9. The summed E-state index contributed by atoms with van der Waals surface area (Å²) in [5.74, 6) is 3.68. The van der Waals surface area contributed by atoms with E-state index in [0.29, 0.717) is 33.9 Å². The van der Waals surface area contributed by atoms with Gasteiger partial charge in [-0.1, -0.05) is 29.8 Å². The SMILES string of the molecule is NOC(=O)Cc1ccc(NC(=O)CCc2ccc(OC(=O)c3ccc(N=C(N)N)cc3)cc2Cl)cc1. The number of nitrogens with one attached hydrogen (secondary N) is 1. The first-order chi connectivity index (χ1) is 17.2. The van der Waals surface area contributed by atoms with E-state index >= 15 is 0 Å². The molecular weight excluding hydrogens is 486 g/mol. The topological polar surface area (TPSA) is 172 Å². The summed E-state index contributed by atoms with van der Waals surface area (Å²) in [4.78, 5) is 43.9. The van der Waals surface area contributed by atoms with Gasteiger partial charge in [-0.05, 0) is 66.1 Å². The zero-order chi connectivity index (χ0) is 26.1. The third-order valence-corrected chi connectivity index (χ3v) is 5.29. The molecule has 3 rings (SSSR count). The van der Waals surface area contributed by atoms with Gasteiger partial charge in [-0.3, -0.25) is 9.59 Å². The average Bonchev–Trinajstić information content (AvgIpc) is 2.84. The third-order valence-electron chi connectivity index (χ3n) is 4.94. The van der Waals surface area contributed by atoms with Crippen molar-refractivity contribution in [2.45, 2.75) is 19.3 Å². The first-order valence-electron chi connectivity index (χ1n) is 10.7. The Labute approximate surface area is 212 Å². The zero-order valence-corrected chi connectivity index (χ0v) is 19.8. The van der Waals surface area contributed by atoms with Crippen LogP contribution in [-0.2, 0) is 27.3 Å². The predicted molar refractivity (Wildman–Crippen MR) is 136 cm³/mol. The number of amides is 1. The molecule has 0 fully saturated rings. The Morgan fingerprint density at radius 1 is 0.944 bits per heavy atom. The van der Waals surface area contributed by atoms with Gasteiger partial charge in [0, 0.05) is 17.1 Å². The van der Waals surface area contributed by atoms with Crippen molar-refractivity contribution in [3.05, 3.63) is 88.4 Å². The highest BCUT2D eigenvalue weighted by Gasteiger charge is 2.12. The number of nitrogens with zero attached hydrogens (tertiary/aromatic N) is 1. The van der Waals surface area contributed by atoms with E-state index in [4.69, 9.17) is 33.7 Å². The minimum atomic E-state index is -0.569. The molecule has 0 aliphatic rings. The molecule has 10 nitrogen and oxygen atoms in total. The van der Waals surface area contributed by atoms with Crippen LogP contribution in [0.3, 0.4) is 0 Å². The molecule has 0 saturated heterocycles. The maximum atomic E-state index is 12.4. The number of aryl methyl sites for hydroxylation is 1. The first kappa shape index (κ1) is 26.2. The number of anilines is 1. The Bertz CT molecular complexity index is 1270. The van der Waals surface area contributed by atoms with Crippen molar-refractivity contribution in [3.8, 4) is 5.75 Å². The van der Waals surface area contributed by atoms with Crippen LogP contribution in [0, 0.1) is 0 Å². The van der Waals surface area contributed by atoms with Crippen LogP contribution in [0.25, 0.3) is 0 Å². The summed E-state index contributed by atoms with van der Waals surface area (Å²) in [6.45, 7) is 0. The first-order valence-corrected chi connectivity index (χ1v) is 11.1. The molecule has 0 aliphatic carbocycles. The highest BCUT2D eigenvalue weighted by atomic mass is 35.5. The van der Waals surface area contributed by atoms with Crippen LogP contribution in [0.5, 0.6) is 5.75 Å². The Kier molecular flexibility index (Phi) is 8.98. The van der Waals surface area contributed by atoms with E-state index in [1.165, 1.54) is 6.07 Å². The molecule has 3 aromatic rings. The summed E-state index contributed by atoms with van der Waals surface area (Å²) in [7, 11) is 0. The molecule has 0 heterocycles. The van der Waals surface area contributed by atoms with Gasteiger partial charge in [0.2, 0.25) is 5.91 Å². The zero-order valence-electron chi connectivity index (χ0n) is 19.1. The number of carbonyl (C=O) groups excluding carboxylic acids is 3. The van der Waals surface area contributed by atoms with E-state index in [9.17, 15) is 14.4 Å². The standard InChI is InChI=1S/C25H24ClN5O5/c26-21-14-20(35-24(34)17-3-9-19(10-4-17)31-25(27)28)11-5-16(21)6-12-22(32)30-18-7-1-15(2-8-18)13-23(33)36-29/h1-5,7-11,14H,6,12-13,29H2,(H,30,32)(H4,27,28,31). The van der Waals surface area contributed by atoms with Gasteiger partial charge in [-0.2, -0.15) is 5.90 Å². The van der Waals surface area contributed by atoms with Crippen molar-refractivity contribution >= 4 is 46.8 Å². The Morgan fingerprint density at radius 3 is 2.25 bits per heavy atom. The molecule has 0 saturated carbocycles. The Balaban J connectivity index is 1.52. The molecule has 7 N–H and O–H groups in total. The lowest BCUT2D eigenvalue weighted by atomic mass is 10.1. The van der Waals surface area contributed by atoms with Gasteiger partial charge < -0.3 is 26.4 Å². The maximum absolute atomic E-state index is 12.4. The van der Waals surface area contributed by atoms with E-state index in [1.807, 2.05) is 0 Å². The molecule has 0 atom stereocenters. The van der Waals surface area contributed by atoms with Crippen LogP contribution in [0.2, 0.25) is 5.02 Å². The number of nitrogens with two attached hydrogens (primary N) is 3. The summed E-state index contributed by atoms with van der Waals surface area (Å²) in [5.41, 5.74) is 13.5. The van der Waals surface area contributed by atoms with Gasteiger partial charge in [0.15, 0.2) is 5.96 Å². The van der Waals surface area contributed by atoms with E-state index in [1.54, 1.807) is 60.7 Å². The fourth-order valence-corrected chi connectivity index (χ4v) is 3.43. The second kappa shape index (κ2) is 12.3. The highest BCUT2D eigenvalue weighted by Crippen LogP contribution is 2.25. The molecule has 1 amide bonds. The van der Waals surface area contributed by atoms with E-state index in [0.717, 1.165) is 5.56 Å². The van der Waals surface area contributed by atoms with E-state index in [2.05, 4.69) is 15.1 Å². The molecular formula is C25H24ClN5O5. The fraction of sp³-hybridized carbons (Fsp3) is 0.120. The van der Waals surface area contributed by atoms with Crippen molar-refractivity contribution in [1.82, 2.24) is 0 Å². The second-order valence-corrected chi connectivity index (χ2v) is 8.05. The number of ether oxygens (including phenoxy) is 1. The number of carbonyl (C=O) groups is 3. The van der Waals surface area contributed by atoms with Gasteiger partial charge in [-0.15, -0.1) is 0 Å². The number of halogens is 1. The third kappa shape index (κ3) is 7.83. The molecule has 0 aromatic heterocycles. The lowest BCUT2D eigenvalue weighted by molar-refractivity contribution is -0.143. The molecule has 0 unspecified atom stereocenters. The van der Waals surface area contributed by atoms with E-state index < -0.39 is 11.9 Å². The Morgan fingerprint density at radius 2 is 1.64 bits per heavy atom. The van der Waals surface area contributed by atoms with Crippen LogP contribution in [0.1, 0.15) is 27.9 Å². The summed E-state index contributed by atoms with van der Waals surface area (Å²) >= 11 is 6.33. The Hall–Kier alpha value is -4.41. The molecule has 0 spiro atoms. The molecule has 186 valence electrons. The van der Waals surface area contributed by atoms with Crippen molar-refractivity contribution in [2.24, 2.45) is 22.4 Å². The van der Waals surface area contributed by atoms with Crippen LogP contribution < -0.4 is 27.4 Å². The molecule has 0 radical (unpaired) electrons. The minimum absolute atomic E-state index is 0.0419. The summed E-state index contributed by atoms with van der Waals surface area (Å²) < 4.78 is 5.38. The number of hydrogen-bond donors (Lipinski definition) is 4. The fourth-order valence-electron chi connectivity index (χ4n) is 3.17. The quantitative estimate of drug-likeness (QED) is 0.112. The summed E-state index contributed by atoms with van der Waals surface area (Å²) in [6.07, 6.45) is 0.605. The number of benzene rings is 3. The number of hydrogen-bond acceptors (Lipinski definition) is 7. The summed E-state index contributed by atoms with van der Waals surface area (Å²) in [6, 6.07) is 17.8. The predicted octanol–water partition coefficient (Wildman–Crippen LogP) is 2.99. The second-order valence-electron chi connectivity index (χ2n) is 7.64.